The molecule has 0 unspecified atom stereocenters. The number of rotatable bonds is 3. The zero-order chi connectivity index (χ0) is 16.9. The topological polar surface area (TPSA) is 78.5 Å². The van der Waals surface area contributed by atoms with Gasteiger partial charge in [-0.25, -0.2) is 0 Å². The maximum atomic E-state index is 12.2. The number of carbonyl (C=O) groups excluding carboxylic acids is 3. The molecule has 1 aromatic heterocycles. The molecular weight excluding hydrogens is 326 g/mol. The van der Waals surface area contributed by atoms with E-state index >= 15 is 0 Å². The predicted octanol–water partition coefficient (Wildman–Crippen LogP) is 1.79. The number of nitrogens with zero attached hydrogens (tertiary/aromatic N) is 1. The van der Waals surface area contributed by atoms with E-state index in [1.165, 1.54) is 52.4 Å². The first kappa shape index (κ1) is 17.0. The van der Waals surface area contributed by atoms with Crippen LogP contribution in [0.4, 0.5) is 0 Å². The number of amides is 3. The summed E-state index contributed by atoms with van der Waals surface area (Å²) in [4.78, 5) is 39.0. The van der Waals surface area contributed by atoms with Crippen LogP contribution in [-0.4, -0.2) is 35.7 Å². The van der Waals surface area contributed by atoms with Crippen molar-refractivity contribution in [2.24, 2.45) is 0 Å². The molecule has 0 bridgehead atoms. The summed E-state index contributed by atoms with van der Waals surface area (Å²) in [6, 6.07) is 1.96. The van der Waals surface area contributed by atoms with Crippen LogP contribution in [0.5, 0.6) is 0 Å². The van der Waals surface area contributed by atoms with Gasteiger partial charge in [0.1, 0.15) is 6.54 Å². The Hall–Kier alpha value is -1.89. The molecule has 1 saturated heterocycles. The molecule has 1 aromatic rings. The van der Waals surface area contributed by atoms with Gasteiger partial charge in [-0.05, 0) is 43.7 Å². The molecule has 7 heteroatoms. The van der Waals surface area contributed by atoms with Gasteiger partial charge in [0.25, 0.3) is 11.8 Å². The summed E-state index contributed by atoms with van der Waals surface area (Å²) in [5, 5.41) is 0. The van der Waals surface area contributed by atoms with Crippen LogP contribution in [0, 0.1) is 0 Å². The Morgan fingerprint density at radius 2 is 1.83 bits per heavy atom. The summed E-state index contributed by atoms with van der Waals surface area (Å²) >= 11 is 1.52. The molecule has 0 saturated carbocycles. The number of fused-ring (bicyclic) bond motifs is 1. The van der Waals surface area contributed by atoms with E-state index in [2.05, 4.69) is 10.9 Å². The lowest BCUT2D eigenvalue weighted by Crippen LogP contribution is -2.46. The molecule has 2 heterocycles. The van der Waals surface area contributed by atoms with Crippen LogP contribution in [0.2, 0.25) is 0 Å². The van der Waals surface area contributed by atoms with Gasteiger partial charge in [0.2, 0.25) is 5.91 Å². The van der Waals surface area contributed by atoms with E-state index in [1.54, 1.807) is 0 Å². The average Bonchev–Trinajstić information content (AvgIpc) is 3.12. The molecule has 0 spiro atoms. The lowest BCUT2D eigenvalue weighted by Gasteiger charge is -2.14. The van der Waals surface area contributed by atoms with Gasteiger partial charge in [0.05, 0.1) is 4.88 Å². The van der Waals surface area contributed by atoms with Gasteiger partial charge in [-0.15, -0.1) is 11.3 Å². The van der Waals surface area contributed by atoms with Gasteiger partial charge in [-0.1, -0.05) is 12.8 Å². The van der Waals surface area contributed by atoms with Crippen molar-refractivity contribution in [2.45, 2.75) is 51.4 Å². The van der Waals surface area contributed by atoms with Crippen LogP contribution in [-0.2, 0) is 22.4 Å². The lowest BCUT2D eigenvalue weighted by atomic mass is 10.00. The molecule has 2 aliphatic rings. The molecule has 1 aliphatic heterocycles. The molecule has 1 fully saturated rings. The van der Waals surface area contributed by atoms with Crippen molar-refractivity contribution in [1.82, 2.24) is 15.8 Å². The highest BCUT2D eigenvalue weighted by atomic mass is 32.1. The zero-order valence-corrected chi connectivity index (χ0v) is 14.5. The fourth-order valence-corrected chi connectivity index (χ4v) is 4.38. The summed E-state index contributed by atoms with van der Waals surface area (Å²) in [5.74, 6) is -0.657. The number of hydrogen-bond acceptors (Lipinski definition) is 4. The second kappa shape index (κ2) is 7.79. The quantitative estimate of drug-likeness (QED) is 0.817. The van der Waals surface area contributed by atoms with Crippen LogP contribution in [0.25, 0.3) is 0 Å². The van der Waals surface area contributed by atoms with E-state index in [9.17, 15) is 14.4 Å². The van der Waals surface area contributed by atoms with Gasteiger partial charge in [0, 0.05) is 17.8 Å². The Morgan fingerprint density at radius 1 is 1.04 bits per heavy atom. The second-order valence-corrected chi connectivity index (χ2v) is 7.53. The van der Waals surface area contributed by atoms with Crippen molar-refractivity contribution in [1.29, 1.82) is 0 Å². The van der Waals surface area contributed by atoms with Crippen molar-refractivity contribution in [3.63, 3.8) is 0 Å². The summed E-state index contributed by atoms with van der Waals surface area (Å²) in [6.45, 7) is 0.609. The maximum Gasteiger partial charge on any atom is 0.279 e. The number of hydrazine groups is 1. The van der Waals surface area contributed by atoms with E-state index in [4.69, 9.17) is 0 Å². The SMILES string of the molecule is O=C(CN1CCCC1=O)NNC(=O)c1cc2c(s1)CCCCCC2. The molecule has 0 aromatic carbocycles. The van der Waals surface area contributed by atoms with Crippen molar-refractivity contribution in [2.75, 3.05) is 13.1 Å². The van der Waals surface area contributed by atoms with E-state index in [-0.39, 0.29) is 24.3 Å². The lowest BCUT2D eigenvalue weighted by molar-refractivity contribution is -0.133. The van der Waals surface area contributed by atoms with Gasteiger partial charge >= 0.3 is 0 Å². The molecule has 0 atom stereocenters. The minimum absolute atomic E-state index is 0.0000534. The van der Waals surface area contributed by atoms with Crippen molar-refractivity contribution >= 4 is 29.1 Å². The summed E-state index contributed by atoms with van der Waals surface area (Å²) in [6.07, 6.45) is 8.21. The largest absolute Gasteiger partial charge is 0.333 e. The second-order valence-electron chi connectivity index (χ2n) is 6.39. The predicted molar refractivity (Wildman–Crippen MR) is 91.6 cm³/mol. The van der Waals surface area contributed by atoms with Crippen LogP contribution < -0.4 is 10.9 Å². The molecule has 1 aliphatic carbocycles. The Bertz CT molecular complexity index is 616. The fraction of sp³-hybridized carbons (Fsp3) is 0.588. The first-order valence-corrected chi connectivity index (χ1v) is 9.43. The summed E-state index contributed by atoms with van der Waals surface area (Å²) < 4.78 is 0. The molecule has 6 nitrogen and oxygen atoms in total. The van der Waals surface area contributed by atoms with E-state index in [1.807, 2.05) is 6.07 Å². The first-order valence-electron chi connectivity index (χ1n) is 8.62. The zero-order valence-electron chi connectivity index (χ0n) is 13.7. The van der Waals surface area contributed by atoms with Crippen LogP contribution in [0.3, 0.4) is 0 Å². The van der Waals surface area contributed by atoms with Crippen LogP contribution >= 0.6 is 11.3 Å². The Kier molecular flexibility index (Phi) is 5.50. The van der Waals surface area contributed by atoms with E-state index in [0.717, 1.165) is 19.3 Å². The third kappa shape index (κ3) is 4.14. The standard InChI is InChI=1S/C17H23N3O3S/c21-15(11-20-9-5-8-16(20)22)18-19-17(23)14-10-12-6-3-1-2-4-7-13(12)24-14/h10H,1-9,11H2,(H,18,21)(H,19,23). The molecule has 0 radical (unpaired) electrons. The van der Waals surface area contributed by atoms with Crippen molar-refractivity contribution < 1.29 is 14.4 Å². The third-order valence-corrected chi connectivity index (χ3v) is 5.78. The maximum absolute atomic E-state index is 12.2. The Morgan fingerprint density at radius 3 is 2.58 bits per heavy atom. The molecule has 3 rings (SSSR count). The van der Waals surface area contributed by atoms with Gasteiger partial charge in [-0.3, -0.25) is 25.2 Å². The molecule has 130 valence electrons. The number of carbonyl (C=O) groups is 3. The number of nitrogens with one attached hydrogen (secondary N) is 2. The van der Waals surface area contributed by atoms with Gasteiger partial charge < -0.3 is 4.90 Å². The first-order chi connectivity index (χ1) is 11.6. The number of thiophene rings is 1. The van der Waals surface area contributed by atoms with E-state index < -0.39 is 0 Å². The van der Waals surface area contributed by atoms with Crippen molar-refractivity contribution in [3.8, 4) is 0 Å². The normalized spacial score (nSPS) is 17.8. The fourth-order valence-electron chi connectivity index (χ4n) is 3.23. The number of aryl methyl sites for hydroxylation is 2. The highest BCUT2D eigenvalue weighted by Gasteiger charge is 2.22. The van der Waals surface area contributed by atoms with Crippen molar-refractivity contribution in [3.05, 3.63) is 21.4 Å². The Labute approximate surface area is 145 Å². The molecule has 24 heavy (non-hydrogen) atoms. The third-order valence-electron chi connectivity index (χ3n) is 4.54. The van der Waals surface area contributed by atoms with E-state index in [0.29, 0.717) is 17.8 Å². The average molecular weight is 349 g/mol. The number of hydrogen-bond donors (Lipinski definition) is 2. The van der Waals surface area contributed by atoms with Crippen LogP contribution in [0.15, 0.2) is 6.07 Å². The smallest absolute Gasteiger partial charge is 0.279 e. The van der Waals surface area contributed by atoms with Crippen LogP contribution in [0.1, 0.15) is 58.6 Å². The van der Waals surface area contributed by atoms with Gasteiger partial charge in [-0.2, -0.15) is 0 Å². The highest BCUT2D eigenvalue weighted by molar-refractivity contribution is 7.14. The molecular formula is C17H23N3O3S. The monoisotopic (exact) mass is 349 g/mol. The highest BCUT2D eigenvalue weighted by Crippen LogP contribution is 2.28. The minimum atomic E-state index is -0.367. The molecule has 2 N–H and O–H groups in total. The summed E-state index contributed by atoms with van der Waals surface area (Å²) in [7, 11) is 0. The summed E-state index contributed by atoms with van der Waals surface area (Å²) in [5.41, 5.74) is 6.15. The Balaban J connectivity index is 1.52. The minimum Gasteiger partial charge on any atom is -0.333 e. The van der Waals surface area contributed by atoms with Gasteiger partial charge in [0.15, 0.2) is 0 Å². The molecule has 3 amide bonds. The number of likely N-dealkylation sites (tertiary alicyclic amines) is 1.